The minimum absolute atomic E-state index is 0.0179. The summed E-state index contributed by atoms with van der Waals surface area (Å²) in [6, 6.07) is 13.8. The van der Waals surface area contributed by atoms with E-state index in [0.29, 0.717) is 22.7 Å². The van der Waals surface area contributed by atoms with Crippen LogP contribution in [0.2, 0.25) is 5.02 Å². The van der Waals surface area contributed by atoms with Gasteiger partial charge in [0, 0.05) is 22.7 Å². The summed E-state index contributed by atoms with van der Waals surface area (Å²) in [5, 5.41) is 12.0. The first-order valence-corrected chi connectivity index (χ1v) is 6.80. The molecule has 0 saturated heterocycles. The lowest BCUT2D eigenvalue weighted by Crippen LogP contribution is -2.13. The Bertz CT molecular complexity index is 670. The second-order valence-corrected chi connectivity index (χ2v) is 4.95. The van der Waals surface area contributed by atoms with Gasteiger partial charge in [0.05, 0.1) is 0 Å². The molecule has 2 aromatic rings. The number of anilines is 1. The smallest absolute Gasteiger partial charge is 0.303 e. The lowest BCUT2D eigenvalue weighted by atomic mass is 10.1. The van der Waals surface area contributed by atoms with Crippen molar-refractivity contribution in [2.24, 2.45) is 0 Å². The van der Waals surface area contributed by atoms with Crippen LogP contribution >= 0.6 is 11.6 Å². The number of amides is 1. The molecule has 0 saturated carbocycles. The number of halogens is 1. The van der Waals surface area contributed by atoms with Crippen LogP contribution in [-0.4, -0.2) is 17.0 Å². The maximum Gasteiger partial charge on any atom is 0.303 e. The third-order valence-corrected chi connectivity index (χ3v) is 3.20. The number of nitrogens with one attached hydrogen (secondary N) is 1. The van der Waals surface area contributed by atoms with Crippen LogP contribution in [0.4, 0.5) is 5.69 Å². The van der Waals surface area contributed by atoms with Crippen molar-refractivity contribution in [3.63, 3.8) is 0 Å². The Morgan fingerprint density at radius 1 is 1.10 bits per heavy atom. The first-order valence-electron chi connectivity index (χ1n) is 6.43. The van der Waals surface area contributed by atoms with E-state index < -0.39 is 5.97 Å². The van der Waals surface area contributed by atoms with Gasteiger partial charge in [0.25, 0.3) is 5.91 Å². The van der Waals surface area contributed by atoms with Crippen molar-refractivity contribution in [3.8, 4) is 0 Å². The number of carboxylic acid groups (broad SMARTS) is 1. The van der Waals surface area contributed by atoms with E-state index >= 15 is 0 Å². The fraction of sp³-hybridized carbons (Fsp3) is 0.125. The first kappa shape index (κ1) is 15.1. The number of para-hydroxylation sites is 1. The normalized spacial score (nSPS) is 10.1. The molecule has 2 N–H and O–H groups in total. The minimum Gasteiger partial charge on any atom is -0.481 e. The third kappa shape index (κ3) is 4.33. The van der Waals surface area contributed by atoms with Gasteiger partial charge in [0.2, 0.25) is 0 Å². The molecule has 2 rings (SSSR count). The van der Waals surface area contributed by atoms with Crippen LogP contribution in [0.15, 0.2) is 48.5 Å². The number of carbonyl (C=O) groups excluding carboxylic acids is 1. The Labute approximate surface area is 127 Å². The maximum atomic E-state index is 12.2. The van der Waals surface area contributed by atoms with Crippen molar-refractivity contribution in [3.05, 3.63) is 64.7 Å². The van der Waals surface area contributed by atoms with E-state index in [9.17, 15) is 9.59 Å². The SMILES string of the molecule is O=C(O)CCc1ccccc1NC(=O)c1cccc(Cl)c1. The number of hydrogen-bond acceptors (Lipinski definition) is 2. The Morgan fingerprint density at radius 2 is 1.86 bits per heavy atom. The molecule has 1 amide bonds. The van der Waals surface area contributed by atoms with Crippen LogP contribution in [0.5, 0.6) is 0 Å². The monoisotopic (exact) mass is 303 g/mol. The van der Waals surface area contributed by atoms with Crippen LogP contribution in [0.3, 0.4) is 0 Å². The molecular formula is C16H14ClNO3. The zero-order chi connectivity index (χ0) is 15.2. The second-order valence-electron chi connectivity index (χ2n) is 4.52. The van der Waals surface area contributed by atoms with Crippen molar-refractivity contribution >= 4 is 29.2 Å². The molecule has 0 aliphatic rings. The van der Waals surface area contributed by atoms with E-state index in [4.69, 9.17) is 16.7 Å². The average Bonchev–Trinajstić information content (AvgIpc) is 2.46. The molecule has 21 heavy (non-hydrogen) atoms. The molecule has 0 radical (unpaired) electrons. The third-order valence-electron chi connectivity index (χ3n) is 2.96. The number of aryl methyl sites for hydroxylation is 1. The number of aliphatic carboxylic acids is 1. The summed E-state index contributed by atoms with van der Waals surface area (Å²) in [7, 11) is 0. The van der Waals surface area contributed by atoms with Crippen LogP contribution in [0.25, 0.3) is 0 Å². The molecule has 0 aliphatic carbocycles. The summed E-state index contributed by atoms with van der Waals surface area (Å²) in [5.41, 5.74) is 1.86. The predicted molar refractivity (Wildman–Crippen MR) is 81.8 cm³/mol. The van der Waals surface area contributed by atoms with Gasteiger partial charge in [-0.15, -0.1) is 0 Å². The van der Waals surface area contributed by atoms with Gasteiger partial charge in [-0.2, -0.15) is 0 Å². The molecule has 0 aromatic heterocycles. The van der Waals surface area contributed by atoms with Crippen molar-refractivity contribution in [2.75, 3.05) is 5.32 Å². The van der Waals surface area contributed by atoms with E-state index in [-0.39, 0.29) is 12.3 Å². The topological polar surface area (TPSA) is 66.4 Å². The number of rotatable bonds is 5. The van der Waals surface area contributed by atoms with Crippen LogP contribution in [0.1, 0.15) is 22.3 Å². The predicted octanol–water partition coefficient (Wildman–Crippen LogP) is 3.61. The highest BCUT2D eigenvalue weighted by molar-refractivity contribution is 6.31. The highest BCUT2D eigenvalue weighted by Crippen LogP contribution is 2.19. The van der Waals surface area contributed by atoms with Crippen LogP contribution < -0.4 is 5.32 Å². The van der Waals surface area contributed by atoms with E-state index in [1.807, 2.05) is 6.07 Å². The standard InChI is InChI=1S/C16H14ClNO3/c17-13-6-3-5-12(10-13)16(21)18-14-7-2-1-4-11(14)8-9-15(19)20/h1-7,10H,8-9H2,(H,18,21)(H,19,20). The maximum absolute atomic E-state index is 12.2. The van der Waals surface area contributed by atoms with E-state index in [1.165, 1.54) is 0 Å². The van der Waals surface area contributed by atoms with Gasteiger partial charge in [-0.3, -0.25) is 9.59 Å². The van der Waals surface area contributed by atoms with Crippen molar-refractivity contribution in [2.45, 2.75) is 12.8 Å². The van der Waals surface area contributed by atoms with Gasteiger partial charge in [-0.1, -0.05) is 35.9 Å². The van der Waals surface area contributed by atoms with Gasteiger partial charge in [0.15, 0.2) is 0 Å². The average molecular weight is 304 g/mol. The fourth-order valence-electron chi connectivity index (χ4n) is 1.93. The number of benzene rings is 2. The van der Waals surface area contributed by atoms with E-state index in [1.54, 1.807) is 42.5 Å². The van der Waals surface area contributed by atoms with Crippen LogP contribution in [-0.2, 0) is 11.2 Å². The summed E-state index contributed by atoms with van der Waals surface area (Å²) >= 11 is 5.86. The second kappa shape index (κ2) is 6.90. The summed E-state index contributed by atoms with van der Waals surface area (Å²) < 4.78 is 0. The summed E-state index contributed by atoms with van der Waals surface area (Å²) in [6.07, 6.45) is 0.380. The Balaban J connectivity index is 2.15. The highest BCUT2D eigenvalue weighted by Gasteiger charge is 2.10. The zero-order valence-corrected chi connectivity index (χ0v) is 11.9. The molecule has 2 aromatic carbocycles. The quantitative estimate of drug-likeness (QED) is 0.886. The lowest BCUT2D eigenvalue weighted by molar-refractivity contribution is -0.136. The zero-order valence-electron chi connectivity index (χ0n) is 11.2. The number of carbonyl (C=O) groups is 2. The summed E-state index contributed by atoms with van der Waals surface area (Å²) in [4.78, 5) is 22.8. The lowest BCUT2D eigenvalue weighted by Gasteiger charge is -2.10. The molecule has 0 fully saturated rings. The van der Waals surface area contributed by atoms with Gasteiger partial charge in [0.1, 0.15) is 0 Å². The molecule has 0 bridgehead atoms. The molecular weight excluding hydrogens is 290 g/mol. The Kier molecular flexibility index (Phi) is 4.95. The van der Waals surface area contributed by atoms with Gasteiger partial charge >= 0.3 is 5.97 Å². The summed E-state index contributed by atoms with van der Waals surface area (Å²) in [6.45, 7) is 0. The van der Waals surface area contributed by atoms with Crippen molar-refractivity contribution in [1.82, 2.24) is 0 Å². The molecule has 0 aliphatic heterocycles. The molecule has 108 valence electrons. The van der Waals surface area contributed by atoms with Crippen molar-refractivity contribution in [1.29, 1.82) is 0 Å². The molecule has 5 heteroatoms. The first-order chi connectivity index (χ1) is 10.1. The molecule has 4 nitrogen and oxygen atoms in total. The Hall–Kier alpha value is -2.33. The molecule has 0 unspecified atom stereocenters. The van der Waals surface area contributed by atoms with E-state index in [2.05, 4.69) is 5.32 Å². The molecule has 0 heterocycles. The number of hydrogen-bond donors (Lipinski definition) is 2. The summed E-state index contributed by atoms with van der Waals surface area (Å²) in [5.74, 6) is -1.15. The largest absolute Gasteiger partial charge is 0.481 e. The minimum atomic E-state index is -0.869. The van der Waals surface area contributed by atoms with Gasteiger partial charge in [-0.05, 0) is 36.2 Å². The van der Waals surface area contributed by atoms with E-state index in [0.717, 1.165) is 5.56 Å². The van der Waals surface area contributed by atoms with Gasteiger partial charge < -0.3 is 10.4 Å². The van der Waals surface area contributed by atoms with Crippen molar-refractivity contribution < 1.29 is 14.7 Å². The fourth-order valence-corrected chi connectivity index (χ4v) is 2.12. The highest BCUT2D eigenvalue weighted by atomic mass is 35.5. The molecule has 0 atom stereocenters. The van der Waals surface area contributed by atoms with Gasteiger partial charge in [-0.25, -0.2) is 0 Å². The Morgan fingerprint density at radius 3 is 2.57 bits per heavy atom. The van der Waals surface area contributed by atoms with Crippen LogP contribution in [0, 0.1) is 0 Å². The molecule has 0 spiro atoms. The number of carboxylic acids is 1.